The summed E-state index contributed by atoms with van der Waals surface area (Å²) in [6.07, 6.45) is 3.44. The average Bonchev–Trinajstić information content (AvgIpc) is 2.72. The van der Waals surface area contributed by atoms with Gasteiger partial charge in [-0.2, -0.15) is 5.26 Å². The van der Waals surface area contributed by atoms with Crippen molar-refractivity contribution in [1.29, 1.82) is 5.26 Å². The van der Waals surface area contributed by atoms with Gasteiger partial charge >= 0.3 is 11.9 Å². The molecule has 6 nitrogen and oxygen atoms in total. The summed E-state index contributed by atoms with van der Waals surface area (Å²) in [6.45, 7) is 3.72. The first-order chi connectivity index (χ1) is 14.0. The molecular weight excluding hydrogens is 370 g/mol. The summed E-state index contributed by atoms with van der Waals surface area (Å²) in [5, 5.41) is 9.10. The number of benzene rings is 2. The van der Waals surface area contributed by atoms with Gasteiger partial charge in [0.15, 0.2) is 6.61 Å². The molecule has 150 valence electrons. The molecule has 0 aliphatic carbocycles. The van der Waals surface area contributed by atoms with E-state index in [1.807, 2.05) is 24.3 Å². The van der Waals surface area contributed by atoms with Crippen molar-refractivity contribution in [2.24, 2.45) is 0 Å². The molecule has 0 saturated carbocycles. The molecule has 0 aliphatic heterocycles. The third-order valence-electron chi connectivity index (χ3n) is 3.84. The van der Waals surface area contributed by atoms with Crippen LogP contribution in [0.2, 0.25) is 0 Å². The predicted octanol–water partition coefficient (Wildman–Crippen LogP) is 4.09. The molecule has 29 heavy (non-hydrogen) atoms. The quantitative estimate of drug-likeness (QED) is 0.276. The summed E-state index contributed by atoms with van der Waals surface area (Å²) < 4.78 is 15.5. The van der Waals surface area contributed by atoms with Gasteiger partial charge in [-0.1, -0.05) is 37.6 Å². The maximum Gasteiger partial charge on any atom is 0.349 e. The maximum atomic E-state index is 12.0. The van der Waals surface area contributed by atoms with Gasteiger partial charge in [0.2, 0.25) is 0 Å². The van der Waals surface area contributed by atoms with E-state index in [1.54, 1.807) is 37.3 Å². The Morgan fingerprint density at radius 3 is 2.48 bits per heavy atom. The van der Waals surface area contributed by atoms with E-state index >= 15 is 0 Å². The second kappa shape index (κ2) is 11.3. The Bertz CT molecular complexity index is 910. The van der Waals surface area contributed by atoms with Gasteiger partial charge in [-0.3, -0.25) is 0 Å². The molecule has 0 heterocycles. The highest BCUT2D eigenvalue weighted by Crippen LogP contribution is 2.17. The number of carbonyl (C=O) groups excluding carboxylic acids is 2. The zero-order valence-corrected chi connectivity index (χ0v) is 16.5. The van der Waals surface area contributed by atoms with Gasteiger partial charge in [0.05, 0.1) is 6.61 Å². The van der Waals surface area contributed by atoms with Crippen LogP contribution in [0.4, 0.5) is 0 Å². The standard InChI is InChI=1S/C23H23NO5/c1-3-6-17-9-11-20(12-10-17)28-16-22(25)29-21-8-5-7-18(14-21)13-19(15-24)23(26)27-4-2/h5,7-14H,3-4,6,16H2,1-2H3/b19-13+. The fraction of sp³-hybridized carbons (Fsp3) is 0.261. The number of esters is 2. The van der Waals surface area contributed by atoms with Crippen molar-refractivity contribution in [3.63, 3.8) is 0 Å². The van der Waals surface area contributed by atoms with Crippen molar-refractivity contribution in [2.45, 2.75) is 26.7 Å². The molecule has 6 heteroatoms. The topological polar surface area (TPSA) is 85.6 Å². The lowest BCUT2D eigenvalue weighted by molar-refractivity contribution is -0.138. The maximum absolute atomic E-state index is 12.0. The molecular formula is C23H23NO5. The van der Waals surface area contributed by atoms with Crippen LogP contribution in [-0.2, 0) is 20.7 Å². The Labute approximate surface area is 170 Å². The lowest BCUT2D eigenvalue weighted by atomic mass is 10.1. The first-order valence-corrected chi connectivity index (χ1v) is 9.37. The minimum Gasteiger partial charge on any atom is -0.482 e. The van der Waals surface area contributed by atoms with Crippen LogP contribution >= 0.6 is 0 Å². The number of ether oxygens (including phenoxy) is 3. The first-order valence-electron chi connectivity index (χ1n) is 9.37. The molecule has 0 bridgehead atoms. The van der Waals surface area contributed by atoms with E-state index in [-0.39, 0.29) is 24.5 Å². The minimum atomic E-state index is -0.698. The highest BCUT2D eigenvalue weighted by molar-refractivity contribution is 5.97. The Kier molecular flexibility index (Phi) is 8.46. The van der Waals surface area contributed by atoms with Gasteiger partial charge in [0.1, 0.15) is 23.1 Å². The molecule has 0 radical (unpaired) electrons. The van der Waals surface area contributed by atoms with E-state index in [0.29, 0.717) is 11.3 Å². The van der Waals surface area contributed by atoms with Crippen LogP contribution < -0.4 is 9.47 Å². The molecule has 0 unspecified atom stereocenters. The lowest BCUT2D eigenvalue weighted by Gasteiger charge is -2.08. The van der Waals surface area contributed by atoms with E-state index in [4.69, 9.17) is 19.5 Å². The molecule has 0 fully saturated rings. The zero-order chi connectivity index (χ0) is 21.1. The number of carbonyl (C=O) groups is 2. The normalized spacial score (nSPS) is 10.7. The van der Waals surface area contributed by atoms with Gasteiger partial charge < -0.3 is 14.2 Å². The summed E-state index contributed by atoms with van der Waals surface area (Å²) in [5.74, 6) is -0.385. The van der Waals surface area contributed by atoms with Crippen molar-refractivity contribution in [1.82, 2.24) is 0 Å². The van der Waals surface area contributed by atoms with Crippen LogP contribution in [0.3, 0.4) is 0 Å². The second-order valence-electron chi connectivity index (χ2n) is 6.12. The van der Waals surface area contributed by atoms with Gasteiger partial charge in [-0.25, -0.2) is 9.59 Å². The molecule has 0 aromatic heterocycles. The molecule has 2 aromatic carbocycles. The number of nitrogens with zero attached hydrogens (tertiary/aromatic N) is 1. The number of rotatable bonds is 9. The third-order valence-corrected chi connectivity index (χ3v) is 3.84. The monoisotopic (exact) mass is 393 g/mol. The van der Waals surface area contributed by atoms with Crippen molar-refractivity contribution in [3.05, 3.63) is 65.2 Å². The van der Waals surface area contributed by atoms with Gasteiger partial charge in [0.25, 0.3) is 0 Å². The van der Waals surface area contributed by atoms with Crippen molar-refractivity contribution in [2.75, 3.05) is 13.2 Å². The summed E-state index contributed by atoms with van der Waals surface area (Å²) in [4.78, 5) is 23.8. The van der Waals surface area contributed by atoms with E-state index in [2.05, 4.69) is 6.92 Å². The van der Waals surface area contributed by atoms with Crippen molar-refractivity contribution in [3.8, 4) is 17.6 Å². The summed E-state index contributed by atoms with van der Waals surface area (Å²) in [7, 11) is 0. The van der Waals surface area contributed by atoms with Crippen LogP contribution in [-0.4, -0.2) is 25.2 Å². The van der Waals surface area contributed by atoms with Crippen molar-refractivity contribution >= 4 is 18.0 Å². The molecule has 2 rings (SSSR count). The number of hydrogen-bond acceptors (Lipinski definition) is 6. The van der Waals surface area contributed by atoms with E-state index < -0.39 is 11.9 Å². The van der Waals surface area contributed by atoms with Crippen LogP contribution in [0.1, 0.15) is 31.4 Å². The lowest BCUT2D eigenvalue weighted by Crippen LogP contribution is -2.17. The number of hydrogen-bond donors (Lipinski definition) is 0. The molecule has 0 N–H and O–H groups in total. The van der Waals surface area contributed by atoms with Crippen molar-refractivity contribution < 1.29 is 23.8 Å². The van der Waals surface area contributed by atoms with Crippen LogP contribution in [0.25, 0.3) is 6.08 Å². The predicted molar refractivity (Wildman–Crippen MR) is 108 cm³/mol. The van der Waals surface area contributed by atoms with Crippen LogP contribution in [0, 0.1) is 11.3 Å². The number of nitriles is 1. The molecule has 0 saturated heterocycles. The minimum absolute atomic E-state index is 0.134. The molecule has 0 amide bonds. The Balaban J connectivity index is 1.96. The van der Waals surface area contributed by atoms with Crippen LogP contribution in [0.5, 0.6) is 11.5 Å². The van der Waals surface area contributed by atoms with E-state index in [0.717, 1.165) is 12.8 Å². The first kappa shape index (κ1) is 21.7. The smallest absolute Gasteiger partial charge is 0.349 e. The van der Waals surface area contributed by atoms with E-state index in [9.17, 15) is 9.59 Å². The molecule has 2 aromatic rings. The molecule has 0 aliphatic rings. The Morgan fingerprint density at radius 2 is 1.83 bits per heavy atom. The second-order valence-corrected chi connectivity index (χ2v) is 6.12. The summed E-state index contributed by atoms with van der Waals surface area (Å²) in [6, 6.07) is 15.9. The highest BCUT2D eigenvalue weighted by atomic mass is 16.6. The largest absolute Gasteiger partial charge is 0.482 e. The zero-order valence-electron chi connectivity index (χ0n) is 16.5. The summed E-state index contributed by atoms with van der Waals surface area (Å²) >= 11 is 0. The third kappa shape index (κ3) is 7.15. The average molecular weight is 393 g/mol. The highest BCUT2D eigenvalue weighted by Gasteiger charge is 2.11. The van der Waals surface area contributed by atoms with Crippen LogP contribution in [0.15, 0.2) is 54.1 Å². The SMILES string of the molecule is CCCc1ccc(OCC(=O)Oc2cccc(/C=C(\C#N)C(=O)OCC)c2)cc1. The van der Waals surface area contributed by atoms with E-state index in [1.165, 1.54) is 11.6 Å². The molecule has 0 atom stereocenters. The number of aryl methyl sites for hydroxylation is 1. The fourth-order valence-corrected chi connectivity index (χ4v) is 2.52. The van der Waals surface area contributed by atoms with Gasteiger partial charge in [-0.15, -0.1) is 0 Å². The van der Waals surface area contributed by atoms with Gasteiger partial charge in [-0.05, 0) is 54.8 Å². The Hall–Kier alpha value is -3.59. The summed E-state index contributed by atoms with van der Waals surface area (Å²) in [5.41, 5.74) is 1.62. The molecule has 0 spiro atoms. The Morgan fingerprint density at radius 1 is 1.07 bits per heavy atom. The fourth-order valence-electron chi connectivity index (χ4n) is 2.52. The van der Waals surface area contributed by atoms with Gasteiger partial charge in [0, 0.05) is 0 Å².